The van der Waals surface area contributed by atoms with E-state index >= 15 is 0 Å². The van der Waals surface area contributed by atoms with Crippen LogP contribution in [0.15, 0.2) is 29.3 Å². The number of thiol groups is 1. The first-order valence-corrected chi connectivity index (χ1v) is 6.37. The highest BCUT2D eigenvalue weighted by Crippen LogP contribution is 2.17. The Hall–Kier alpha value is -1.60. The average Bonchev–Trinajstić information content (AvgIpc) is 2.66. The number of aromatic nitrogens is 1. The minimum absolute atomic E-state index is 0.329. The first-order chi connectivity index (χ1) is 8.50. The number of amides is 2. The second-order valence-corrected chi connectivity index (χ2v) is 5.15. The molecule has 0 atom stereocenters. The topological polar surface area (TPSA) is 54.7 Å². The molecule has 1 heterocycles. The molecule has 0 unspecified atom stereocenters. The summed E-state index contributed by atoms with van der Waals surface area (Å²) in [5.41, 5.74) is 0.702. The molecule has 0 spiro atoms. The highest BCUT2D eigenvalue weighted by atomic mass is 32.1. The molecular weight excluding hydrogens is 270 g/mol. The molecule has 2 amide bonds. The summed E-state index contributed by atoms with van der Waals surface area (Å²) < 4.78 is 2.20. The maximum absolute atomic E-state index is 11.6. The van der Waals surface area contributed by atoms with Crippen molar-refractivity contribution in [2.75, 3.05) is 14.1 Å². The number of carbonyl (C=O) groups excluding carboxylic acids is 2. The van der Waals surface area contributed by atoms with Crippen LogP contribution in [-0.2, 0) is 0 Å². The van der Waals surface area contributed by atoms with Gasteiger partial charge in [0, 0.05) is 14.1 Å². The molecular formula is C11H11N3O2S2. The van der Waals surface area contributed by atoms with Gasteiger partial charge in [0.25, 0.3) is 5.24 Å². The van der Waals surface area contributed by atoms with Gasteiger partial charge in [-0.2, -0.15) is 4.99 Å². The van der Waals surface area contributed by atoms with E-state index in [2.05, 4.69) is 17.6 Å². The van der Waals surface area contributed by atoms with Gasteiger partial charge >= 0.3 is 6.03 Å². The van der Waals surface area contributed by atoms with Gasteiger partial charge in [0.15, 0.2) is 0 Å². The second kappa shape index (κ2) is 4.95. The van der Waals surface area contributed by atoms with E-state index < -0.39 is 11.3 Å². The molecule has 0 aliphatic carbocycles. The van der Waals surface area contributed by atoms with Gasteiger partial charge in [-0.3, -0.25) is 4.79 Å². The molecule has 0 aliphatic rings. The van der Waals surface area contributed by atoms with Crippen LogP contribution in [0.3, 0.4) is 0 Å². The van der Waals surface area contributed by atoms with Crippen molar-refractivity contribution >= 4 is 45.5 Å². The summed E-state index contributed by atoms with van der Waals surface area (Å²) in [5.74, 6) is 0. The minimum Gasteiger partial charge on any atom is -0.329 e. The van der Waals surface area contributed by atoms with Crippen molar-refractivity contribution in [2.24, 2.45) is 4.99 Å². The highest BCUT2D eigenvalue weighted by Gasteiger charge is 2.11. The van der Waals surface area contributed by atoms with Crippen LogP contribution < -0.4 is 4.80 Å². The van der Waals surface area contributed by atoms with Crippen molar-refractivity contribution in [3.8, 4) is 0 Å². The lowest BCUT2D eigenvalue weighted by Gasteiger charge is -2.04. The van der Waals surface area contributed by atoms with E-state index in [4.69, 9.17) is 0 Å². The summed E-state index contributed by atoms with van der Waals surface area (Å²) in [6, 6.07) is 6.93. The van der Waals surface area contributed by atoms with Crippen molar-refractivity contribution < 1.29 is 9.59 Å². The number of rotatable bonds is 0. The SMILES string of the molecule is CN(C)C(=O)N=c1sc2ccccc2n1C(=O)S. The third-order valence-electron chi connectivity index (χ3n) is 2.26. The maximum atomic E-state index is 11.6. The molecule has 0 saturated carbocycles. The zero-order valence-corrected chi connectivity index (χ0v) is 11.5. The molecule has 94 valence electrons. The molecule has 0 saturated heterocycles. The summed E-state index contributed by atoms with van der Waals surface area (Å²) in [6.45, 7) is 0. The van der Waals surface area contributed by atoms with Crippen LogP contribution >= 0.6 is 24.0 Å². The molecule has 1 aromatic carbocycles. The Labute approximate surface area is 113 Å². The molecule has 0 radical (unpaired) electrons. The number of benzene rings is 1. The predicted octanol–water partition coefficient (Wildman–Crippen LogP) is 2.18. The zero-order valence-electron chi connectivity index (χ0n) is 9.82. The molecule has 5 nitrogen and oxygen atoms in total. The minimum atomic E-state index is -0.460. The van der Waals surface area contributed by atoms with E-state index in [1.54, 1.807) is 20.2 Å². The van der Waals surface area contributed by atoms with E-state index in [0.717, 1.165) is 4.70 Å². The standard InChI is InChI=1S/C11H11N3O2S2/c1-13(2)9(15)12-10-14(11(16)17)7-5-3-4-6-8(7)18-10/h3-6H,1-2H3,(H,16,17). The predicted molar refractivity (Wildman–Crippen MR) is 74.2 cm³/mol. The number of carbonyl (C=O) groups is 2. The first-order valence-electron chi connectivity index (χ1n) is 5.10. The number of fused-ring (bicyclic) bond motifs is 1. The van der Waals surface area contributed by atoms with Crippen LogP contribution in [0.2, 0.25) is 0 Å². The molecule has 0 bridgehead atoms. The van der Waals surface area contributed by atoms with E-state index in [-0.39, 0.29) is 0 Å². The number of nitrogens with zero attached hydrogens (tertiary/aromatic N) is 3. The van der Waals surface area contributed by atoms with Gasteiger partial charge in [0.2, 0.25) is 4.80 Å². The largest absolute Gasteiger partial charge is 0.345 e. The van der Waals surface area contributed by atoms with Gasteiger partial charge in [0.1, 0.15) is 0 Å². The fraction of sp³-hybridized carbons (Fsp3) is 0.182. The number of hydrogen-bond acceptors (Lipinski definition) is 3. The third kappa shape index (κ3) is 2.32. The van der Waals surface area contributed by atoms with Gasteiger partial charge < -0.3 is 4.90 Å². The van der Waals surface area contributed by atoms with Crippen molar-refractivity contribution in [3.05, 3.63) is 29.1 Å². The molecule has 2 aromatic rings. The Morgan fingerprint density at radius 1 is 1.33 bits per heavy atom. The number of para-hydroxylation sites is 1. The van der Waals surface area contributed by atoms with Gasteiger partial charge in [-0.1, -0.05) is 36.1 Å². The zero-order chi connectivity index (χ0) is 13.3. The van der Waals surface area contributed by atoms with Gasteiger partial charge in [0.05, 0.1) is 10.2 Å². The molecule has 0 aliphatic heterocycles. The van der Waals surface area contributed by atoms with Crippen molar-refractivity contribution in [2.45, 2.75) is 0 Å². The van der Waals surface area contributed by atoms with Crippen LogP contribution in [0.5, 0.6) is 0 Å². The van der Waals surface area contributed by atoms with E-state index in [1.807, 2.05) is 18.2 Å². The Morgan fingerprint density at radius 2 is 2.00 bits per heavy atom. The molecule has 2 rings (SSSR count). The van der Waals surface area contributed by atoms with Crippen LogP contribution in [0.25, 0.3) is 10.2 Å². The smallest absolute Gasteiger partial charge is 0.329 e. The second-order valence-electron chi connectivity index (χ2n) is 3.76. The number of urea groups is 1. The first kappa shape index (κ1) is 12.8. The van der Waals surface area contributed by atoms with Crippen LogP contribution in [0.1, 0.15) is 0 Å². The molecule has 0 N–H and O–H groups in total. The summed E-state index contributed by atoms with van der Waals surface area (Å²) in [5, 5.41) is -0.460. The number of thiazole rings is 1. The van der Waals surface area contributed by atoms with Gasteiger partial charge in [-0.05, 0) is 12.1 Å². The monoisotopic (exact) mass is 281 g/mol. The Balaban J connectivity index is 2.75. The number of hydrogen-bond donors (Lipinski definition) is 1. The lowest BCUT2D eigenvalue weighted by atomic mass is 10.3. The molecule has 0 fully saturated rings. The van der Waals surface area contributed by atoms with Crippen molar-refractivity contribution in [1.29, 1.82) is 0 Å². The summed E-state index contributed by atoms with van der Waals surface area (Å²) in [4.78, 5) is 28.7. The fourth-order valence-corrected chi connectivity index (χ4v) is 2.69. The van der Waals surface area contributed by atoms with Gasteiger partial charge in [-0.25, -0.2) is 9.36 Å². The lowest BCUT2D eigenvalue weighted by Crippen LogP contribution is -2.24. The Bertz CT molecular complexity index is 685. The fourth-order valence-electron chi connectivity index (χ4n) is 1.41. The average molecular weight is 281 g/mol. The van der Waals surface area contributed by atoms with Crippen LogP contribution in [-0.4, -0.2) is 34.8 Å². The maximum Gasteiger partial charge on any atom is 0.345 e. The van der Waals surface area contributed by atoms with Crippen LogP contribution in [0, 0.1) is 0 Å². The van der Waals surface area contributed by atoms with Crippen molar-refractivity contribution in [3.63, 3.8) is 0 Å². The molecule has 1 aromatic heterocycles. The lowest BCUT2D eigenvalue weighted by molar-refractivity contribution is 0.226. The molecule has 7 heteroatoms. The van der Waals surface area contributed by atoms with Crippen LogP contribution in [0.4, 0.5) is 9.59 Å². The summed E-state index contributed by atoms with van der Waals surface area (Å²) in [7, 11) is 3.21. The Morgan fingerprint density at radius 3 is 2.61 bits per heavy atom. The van der Waals surface area contributed by atoms with E-state index in [0.29, 0.717) is 10.3 Å². The molecule has 18 heavy (non-hydrogen) atoms. The normalized spacial score (nSPS) is 11.8. The Kier molecular flexibility index (Phi) is 3.53. The van der Waals surface area contributed by atoms with E-state index in [1.165, 1.54) is 20.8 Å². The summed E-state index contributed by atoms with van der Waals surface area (Å²) in [6.07, 6.45) is 0. The third-order valence-corrected chi connectivity index (χ3v) is 3.49. The van der Waals surface area contributed by atoms with Gasteiger partial charge in [-0.15, -0.1) is 0 Å². The van der Waals surface area contributed by atoms with E-state index in [9.17, 15) is 9.59 Å². The quantitative estimate of drug-likeness (QED) is 0.753. The summed E-state index contributed by atoms with van der Waals surface area (Å²) >= 11 is 5.10. The highest BCUT2D eigenvalue weighted by molar-refractivity contribution is 7.96. The van der Waals surface area contributed by atoms with Crippen molar-refractivity contribution in [1.82, 2.24) is 9.47 Å².